The molecule has 2 nitrogen and oxygen atoms in total. The van der Waals surface area contributed by atoms with Crippen LogP contribution in [0.1, 0.15) is 111 Å². The Morgan fingerprint density at radius 2 is 1.48 bits per heavy atom. The highest BCUT2D eigenvalue weighted by Crippen LogP contribution is 2.52. The average molecular weight is 439 g/mol. The zero-order valence-electron chi connectivity index (χ0n) is 19.9. The van der Waals surface area contributed by atoms with Gasteiger partial charge in [-0.05, 0) is 96.6 Å². The fraction of sp³-hybridized carbons (Fsp3) is 0.536. The Labute approximate surface area is 192 Å². The molecule has 0 fully saturated rings. The molecule has 3 rings (SSSR count). The molecule has 0 amide bonds. The van der Waals surface area contributed by atoms with Crippen LogP contribution in [0.4, 0.5) is 0 Å². The number of allylic oxidation sites excluding steroid dienone is 1. The molecule has 0 radical (unpaired) electrons. The number of fused-ring (bicyclic) bond motifs is 1. The van der Waals surface area contributed by atoms with Crippen molar-refractivity contribution in [3.05, 3.63) is 62.3 Å². The van der Waals surface area contributed by atoms with Crippen molar-refractivity contribution >= 4 is 23.4 Å². The number of carboxylic acid groups (broad SMARTS) is 1. The van der Waals surface area contributed by atoms with Crippen molar-refractivity contribution in [1.82, 2.24) is 0 Å². The molecule has 1 aliphatic carbocycles. The average Bonchev–Trinajstić information content (AvgIpc) is 3.27. The molecule has 1 aliphatic rings. The van der Waals surface area contributed by atoms with Gasteiger partial charge in [0.15, 0.2) is 0 Å². The molecule has 3 heteroatoms. The van der Waals surface area contributed by atoms with E-state index in [1.54, 1.807) is 22.6 Å². The third-order valence-electron chi connectivity index (χ3n) is 8.14. The second-order valence-electron chi connectivity index (χ2n) is 9.14. The Kier molecular flexibility index (Phi) is 7.47. The Morgan fingerprint density at radius 1 is 0.935 bits per heavy atom. The van der Waals surface area contributed by atoms with E-state index in [0.717, 1.165) is 17.7 Å². The fourth-order valence-corrected chi connectivity index (χ4v) is 6.46. The molecule has 0 aliphatic heterocycles. The largest absolute Gasteiger partial charge is 0.478 e. The summed E-state index contributed by atoms with van der Waals surface area (Å²) >= 11 is 1.49. The normalized spacial score (nSPS) is 17.1. The summed E-state index contributed by atoms with van der Waals surface area (Å²) < 4.78 is 0. The Morgan fingerprint density at radius 3 is 1.94 bits per heavy atom. The molecular formula is C28H38O2S. The smallest absolute Gasteiger partial charge is 0.336 e. The van der Waals surface area contributed by atoms with Crippen molar-refractivity contribution in [3.63, 3.8) is 0 Å². The van der Waals surface area contributed by atoms with Gasteiger partial charge in [-0.1, -0.05) is 52.8 Å². The van der Waals surface area contributed by atoms with Crippen molar-refractivity contribution in [2.24, 2.45) is 0 Å². The van der Waals surface area contributed by atoms with Crippen LogP contribution in [0.15, 0.2) is 29.7 Å². The molecule has 2 aromatic rings. The van der Waals surface area contributed by atoms with Gasteiger partial charge in [0, 0.05) is 10.3 Å². The number of aryl methyl sites for hydroxylation is 1. The molecule has 0 spiro atoms. The van der Waals surface area contributed by atoms with E-state index < -0.39 is 5.97 Å². The summed E-state index contributed by atoms with van der Waals surface area (Å²) in [6.07, 6.45) is 13.7. The summed E-state index contributed by atoms with van der Waals surface area (Å²) in [5.74, 6) is -0.857. The lowest BCUT2D eigenvalue weighted by molar-refractivity contribution is 0.0697. The molecule has 31 heavy (non-hydrogen) atoms. The minimum atomic E-state index is -0.857. The highest BCUT2D eigenvalue weighted by atomic mass is 32.1. The first-order valence-corrected chi connectivity index (χ1v) is 12.9. The molecule has 0 unspecified atom stereocenters. The van der Waals surface area contributed by atoms with Gasteiger partial charge in [-0.15, -0.1) is 11.3 Å². The minimum Gasteiger partial charge on any atom is -0.478 e. The van der Waals surface area contributed by atoms with Gasteiger partial charge in [0.1, 0.15) is 0 Å². The lowest BCUT2D eigenvalue weighted by Gasteiger charge is -2.48. The van der Waals surface area contributed by atoms with Crippen LogP contribution < -0.4 is 0 Å². The molecule has 0 saturated heterocycles. The Bertz CT molecular complexity index is 942. The van der Waals surface area contributed by atoms with Gasteiger partial charge in [0.2, 0.25) is 0 Å². The van der Waals surface area contributed by atoms with Crippen LogP contribution in [0.5, 0.6) is 0 Å². The number of carboxylic acids is 1. The minimum absolute atomic E-state index is 0.304. The van der Waals surface area contributed by atoms with Crippen LogP contribution >= 0.6 is 11.3 Å². The molecule has 1 aromatic heterocycles. The lowest BCUT2D eigenvalue weighted by atomic mass is 9.56. The van der Waals surface area contributed by atoms with Crippen LogP contribution in [-0.4, -0.2) is 11.1 Å². The SMILES string of the molecule is CCc1cc2c(cc1CC=Cc1cc(C(=O)O)cs1)C(CC)(CC)CCC2(CC)CC. The number of benzene rings is 1. The maximum atomic E-state index is 11.1. The molecule has 0 atom stereocenters. The monoisotopic (exact) mass is 438 g/mol. The summed E-state index contributed by atoms with van der Waals surface area (Å²) in [5.41, 5.74) is 7.14. The quantitative estimate of drug-likeness (QED) is 0.428. The fourth-order valence-electron chi connectivity index (χ4n) is 5.66. The van der Waals surface area contributed by atoms with E-state index in [4.69, 9.17) is 5.11 Å². The number of hydrogen-bond donors (Lipinski definition) is 1. The summed E-state index contributed by atoms with van der Waals surface area (Å²) in [6.45, 7) is 11.7. The number of rotatable bonds is 9. The first kappa shape index (κ1) is 23.8. The predicted octanol–water partition coefficient (Wildman–Crippen LogP) is 8.17. The summed E-state index contributed by atoms with van der Waals surface area (Å²) in [7, 11) is 0. The van der Waals surface area contributed by atoms with Crippen molar-refractivity contribution in [3.8, 4) is 0 Å². The van der Waals surface area contributed by atoms with Gasteiger partial charge in [0.05, 0.1) is 5.56 Å². The van der Waals surface area contributed by atoms with Crippen molar-refractivity contribution in [1.29, 1.82) is 0 Å². The standard InChI is InChI=1S/C28H38O2S/c1-6-20-17-24-25(28(9-4,10-5)15-14-27(24,7-2)8-3)18-21(20)12-11-13-23-16-22(19-31-23)26(29)30/h11,13,16-19H,6-10,12,14-15H2,1-5H3,(H,29,30). The van der Waals surface area contributed by atoms with Crippen LogP contribution in [0.3, 0.4) is 0 Å². The highest BCUT2D eigenvalue weighted by Gasteiger charge is 2.43. The summed E-state index contributed by atoms with van der Waals surface area (Å²) in [6, 6.07) is 6.85. The second kappa shape index (κ2) is 9.73. The summed E-state index contributed by atoms with van der Waals surface area (Å²) in [4.78, 5) is 12.1. The number of carbonyl (C=O) groups is 1. The van der Waals surface area contributed by atoms with E-state index in [1.165, 1.54) is 61.0 Å². The zero-order chi connectivity index (χ0) is 22.6. The second-order valence-corrected chi connectivity index (χ2v) is 10.1. The van der Waals surface area contributed by atoms with Gasteiger partial charge in [-0.2, -0.15) is 0 Å². The molecule has 168 valence electrons. The van der Waals surface area contributed by atoms with Crippen LogP contribution in [0.25, 0.3) is 6.08 Å². The Hall–Kier alpha value is -1.87. The molecule has 1 N–H and O–H groups in total. The summed E-state index contributed by atoms with van der Waals surface area (Å²) in [5, 5.41) is 10.9. The molecular weight excluding hydrogens is 400 g/mol. The maximum Gasteiger partial charge on any atom is 0.336 e. The molecule has 0 bridgehead atoms. The Balaban J connectivity index is 2.02. The van der Waals surface area contributed by atoms with Crippen molar-refractivity contribution in [2.45, 2.75) is 96.8 Å². The third kappa shape index (κ3) is 4.39. The van der Waals surface area contributed by atoms with E-state index >= 15 is 0 Å². The van der Waals surface area contributed by atoms with Crippen LogP contribution in [-0.2, 0) is 23.7 Å². The van der Waals surface area contributed by atoms with E-state index in [9.17, 15) is 4.79 Å². The van der Waals surface area contributed by atoms with E-state index in [1.807, 2.05) is 0 Å². The predicted molar refractivity (Wildman–Crippen MR) is 134 cm³/mol. The molecule has 0 saturated carbocycles. The van der Waals surface area contributed by atoms with E-state index in [2.05, 4.69) is 58.9 Å². The third-order valence-corrected chi connectivity index (χ3v) is 9.04. The highest BCUT2D eigenvalue weighted by molar-refractivity contribution is 7.11. The van der Waals surface area contributed by atoms with Gasteiger partial charge < -0.3 is 5.11 Å². The number of hydrogen-bond acceptors (Lipinski definition) is 2. The topological polar surface area (TPSA) is 37.3 Å². The van der Waals surface area contributed by atoms with Gasteiger partial charge >= 0.3 is 5.97 Å². The van der Waals surface area contributed by atoms with Crippen molar-refractivity contribution < 1.29 is 9.90 Å². The van der Waals surface area contributed by atoms with Crippen LogP contribution in [0, 0.1) is 0 Å². The van der Waals surface area contributed by atoms with Crippen LogP contribution in [0.2, 0.25) is 0 Å². The number of thiophene rings is 1. The van der Waals surface area contributed by atoms with Crippen molar-refractivity contribution in [2.75, 3.05) is 0 Å². The molecule has 1 aromatic carbocycles. The zero-order valence-corrected chi connectivity index (χ0v) is 20.7. The van der Waals surface area contributed by atoms with Gasteiger partial charge in [-0.3, -0.25) is 0 Å². The maximum absolute atomic E-state index is 11.1. The first-order valence-electron chi connectivity index (χ1n) is 12.0. The number of aromatic carboxylic acids is 1. The lowest BCUT2D eigenvalue weighted by Crippen LogP contribution is -2.40. The van der Waals surface area contributed by atoms with E-state index in [0.29, 0.717) is 16.4 Å². The van der Waals surface area contributed by atoms with E-state index in [-0.39, 0.29) is 0 Å². The molecule has 1 heterocycles. The van der Waals surface area contributed by atoms with Gasteiger partial charge in [-0.25, -0.2) is 4.79 Å². The van der Waals surface area contributed by atoms with Gasteiger partial charge in [0.25, 0.3) is 0 Å². The first-order chi connectivity index (χ1) is 14.9.